The number of halogens is 1. The maximum atomic E-state index is 12.5. The molecule has 1 heterocycles. The van der Waals surface area contributed by atoms with Gasteiger partial charge in [-0.1, -0.05) is 43.0 Å². The number of hydrogen-bond acceptors (Lipinski definition) is 2. The molecule has 1 aromatic carbocycles. The van der Waals surface area contributed by atoms with E-state index in [0.717, 1.165) is 38.6 Å². The Hall–Kier alpha value is -1.75. The van der Waals surface area contributed by atoms with Crippen LogP contribution < -0.4 is 10.6 Å². The number of urea groups is 1. The van der Waals surface area contributed by atoms with Crippen molar-refractivity contribution < 1.29 is 9.59 Å². The minimum Gasteiger partial charge on any atom is -0.340 e. The van der Waals surface area contributed by atoms with Crippen molar-refractivity contribution >= 4 is 29.2 Å². The number of benzene rings is 1. The molecular formula is C18H24ClN3O2. The molecule has 0 radical (unpaired) electrons. The zero-order chi connectivity index (χ0) is 16.9. The molecule has 1 aliphatic carbocycles. The number of likely N-dealkylation sites (tertiary alicyclic amines) is 1. The summed E-state index contributed by atoms with van der Waals surface area (Å²) in [7, 11) is 0. The smallest absolute Gasteiger partial charge is 0.319 e. The summed E-state index contributed by atoms with van der Waals surface area (Å²) in [5.41, 5.74) is 0.588. The first kappa shape index (κ1) is 17.1. The second-order valence-electron chi connectivity index (χ2n) is 6.68. The second kappa shape index (κ2) is 7.88. The maximum Gasteiger partial charge on any atom is 0.319 e. The zero-order valence-electron chi connectivity index (χ0n) is 13.8. The number of anilines is 1. The van der Waals surface area contributed by atoms with Gasteiger partial charge in [-0.2, -0.15) is 0 Å². The van der Waals surface area contributed by atoms with E-state index in [1.165, 1.54) is 6.42 Å². The van der Waals surface area contributed by atoms with E-state index in [-0.39, 0.29) is 23.9 Å². The summed E-state index contributed by atoms with van der Waals surface area (Å²) in [4.78, 5) is 26.6. The van der Waals surface area contributed by atoms with Crippen LogP contribution in [0.25, 0.3) is 0 Å². The number of para-hydroxylation sites is 1. The Balaban J connectivity index is 1.48. The predicted octanol–water partition coefficient (Wildman–Crippen LogP) is 3.64. The largest absolute Gasteiger partial charge is 0.340 e. The summed E-state index contributed by atoms with van der Waals surface area (Å²) in [6.45, 7) is 1.33. The summed E-state index contributed by atoms with van der Waals surface area (Å²) in [5, 5.41) is 6.21. The van der Waals surface area contributed by atoms with Crippen molar-refractivity contribution in [1.29, 1.82) is 0 Å². The van der Waals surface area contributed by atoms with Crippen molar-refractivity contribution in [2.45, 2.75) is 44.6 Å². The molecule has 1 aromatic rings. The summed E-state index contributed by atoms with van der Waals surface area (Å²) >= 11 is 6.04. The first-order valence-corrected chi connectivity index (χ1v) is 9.12. The second-order valence-corrected chi connectivity index (χ2v) is 7.09. The molecule has 2 N–H and O–H groups in total. The van der Waals surface area contributed by atoms with Crippen molar-refractivity contribution in [3.63, 3.8) is 0 Å². The van der Waals surface area contributed by atoms with Gasteiger partial charge in [-0.25, -0.2) is 4.79 Å². The lowest BCUT2D eigenvalue weighted by Gasteiger charge is -2.26. The summed E-state index contributed by atoms with van der Waals surface area (Å²) in [6.07, 6.45) is 6.39. The Kier molecular flexibility index (Phi) is 5.61. The number of rotatable bonds is 3. The van der Waals surface area contributed by atoms with Gasteiger partial charge in [0.05, 0.1) is 10.7 Å². The zero-order valence-corrected chi connectivity index (χ0v) is 14.5. The Morgan fingerprint density at radius 1 is 1.08 bits per heavy atom. The molecule has 1 saturated heterocycles. The van der Waals surface area contributed by atoms with Gasteiger partial charge in [0.15, 0.2) is 0 Å². The number of carbonyl (C=O) groups excluding carboxylic acids is 2. The van der Waals surface area contributed by atoms with Gasteiger partial charge in [0, 0.05) is 25.0 Å². The molecule has 6 heteroatoms. The van der Waals surface area contributed by atoms with Gasteiger partial charge in [0.1, 0.15) is 0 Å². The first-order valence-electron chi connectivity index (χ1n) is 8.74. The van der Waals surface area contributed by atoms with Gasteiger partial charge in [0.2, 0.25) is 5.91 Å². The van der Waals surface area contributed by atoms with Crippen LogP contribution in [0.4, 0.5) is 10.5 Å². The van der Waals surface area contributed by atoms with Crippen molar-refractivity contribution in [3.05, 3.63) is 29.3 Å². The third-order valence-corrected chi connectivity index (χ3v) is 5.24. The predicted molar refractivity (Wildman–Crippen MR) is 95.2 cm³/mol. The first-order chi connectivity index (χ1) is 11.6. The van der Waals surface area contributed by atoms with Crippen LogP contribution in [0, 0.1) is 5.92 Å². The standard InChI is InChI=1S/C18H24ClN3O2/c19-15-8-4-5-9-16(15)21-18(24)20-14-10-11-22(12-14)17(23)13-6-2-1-3-7-13/h4-5,8-9,13-14H,1-3,6-7,10-12H2,(H2,20,21,24)/t14-/m0/s1. The molecule has 0 aromatic heterocycles. The third-order valence-electron chi connectivity index (χ3n) is 4.91. The summed E-state index contributed by atoms with van der Waals surface area (Å²) < 4.78 is 0. The van der Waals surface area contributed by atoms with Crippen LogP contribution in [0.2, 0.25) is 5.02 Å². The lowest BCUT2D eigenvalue weighted by molar-refractivity contribution is -0.135. The lowest BCUT2D eigenvalue weighted by Crippen LogP contribution is -2.42. The van der Waals surface area contributed by atoms with Gasteiger partial charge >= 0.3 is 6.03 Å². The SMILES string of the molecule is O=C(Nc1ccccc1Cl)N[C@H]1CCN(C(=O)C2CCCCC2)C1. The molecule has 1 saturated carbocycles. The minimum atomic E-state index is -0.278. The topological polar surface area (TPSA) is 61.4 Å². The number of nitrogens with zero attached hydrogens (tertiary/aromatic N) is 1. The van der Waals surface area contributed by atoms with Crippen LogP contribution in [0.5, 0.6) is 0 Å². The highest BCUT2D eigenvalue weighted by atomic mass is 35.5. The van der Waals surface area contributed by atoms with E-state index in [9.17, 15) is 9.59 Å². The van der Waals surface area contributed by atoms with Gasteiger partial charge in [-0.05, 0) is 31.4 Å². The van der Waals surface area contributed by atoms with E-state index in [1.54, 1.807) is 12.1 Å². The Morgan fingerprint density at radius 2 is 1.83 bits per heavy atom. The highest BCUT2D eigenvalue weighted by molar-refractivity contribution is 6.33. The van der Waals surface area contributed by atoms with Crippen molar-refractivity contribution in [3.8, 4) is 0 Å². The number of carbonyl (C=O) groups is 2. The Bertz CT molecular complexity index is 602. The molecule has 0 spiro atoms. The van der Waals surface area contributed by atoms with Crippen LogP contribution in [0.3, 0.4) is 0 Å². The van der Waals surface area contributed by atoms with Crippen LogP contribution in [-0.2, 0) is 4.79 Å². The molecule has 2 aliphatic rings. The van der Waals surface area contributed by atoms with Crippen molar-refractivity contribution in [2.75, 3.05) is 18.4 Å². The van der Waals surface area contributed by atoms with Crippen LogP contribution in [-0.4, -0.2) is 36.0 Å². The molecule has 1 aliphatic heterocycles. The summed E-state index contributed by atoms with van der Waals surface area (Å²) in [6, 6.07) is 6.85. The quantitative estimate of drug-likeness (QED) is 0.875. The van der Waals surface area contributed by atoms with E-state index in [2.05, 4.69) is 10.6 Å². The van der Waals surface area contributed by atoms with E-state index in [4.69, 9.17) is 11.6 Å². The van der Waals surface area contributed by atoms with Crippen molar-refractivity contribution in [2.24, 2.45) is 5.92 Å². The highest BCUT2D eigenvalue weighted by Crippen LogP contribution is 2.27. The van der Waals surface area contributed by atoms with E-state index >= 15 is 0 Å². The highest BCUT2D eigenvalue weighted by Gasteiger charge is 2.32. The van der Waals surface area contributed by atoms with Gasteiger partial charge in [0.25, 0.3) is 0 Å². The molecule has 130 valence electrons. The number of hydrogen-bond donors (Lipinski definition) is 2. The normalized spacial score (nSPS) is 21.5. The minimum absolute atomic E-state index is 0.0000262. The molecule has 0 unspecified atom stereocenters. The third kappa shape index (κ3) is 4.20. The fraction of sp³-hybridized carbons (Fsp3) is 0.556. The number of nitrogens with one attached hydrogen (secondary N) is 2. The molecule has 2 fully saturated rings. The van der Waals surface area contributed by atoms with Crippen LogP contribution in [0.1, 0.15) is 38.5 Å². The molecule has 1 atom stereocenters. The van der Waals surface area contributed by atoms with E-state index in [0.29, 0.717) is 17.3 Å². The Labute approximate surface area is 147 Å². The molecule has 3 rings (SSSR count). The van der Waals surface area contributed by atoms with E-state index in [1.807, 2.05) is 17.0 Å². The van der Waals surface area contributed by atoms with Crippen LogP contribution in [0.15, 0.2) is 24.3 Å². The molecule has 3 amide bonds. The molecular weight excluding hydrogens is 326 g/mol. The van der Waals surface area contributed by atoms with Gasteiger partial charge < -0.3 is 15.5 Å². The summed E-state index contributed by atoms with van der Waals surface area (Å²) in [5.74, 6) is 0.458. The Morgan fingerprint density at radius 3 is 2.58 bits per heavy atom. The molecule has 0 bridgehead atoms. The van der Waals surface area contributed by atoms with E-state index < -0.39 is 0 Å². The molecule has 5 nitrogen and oxygen atoms in total. The van der Waals surface area contributed by atoms with Gasteiger partial charge in [-0.15, -0.1) is 0 Å². The fourth-order valence-corrected chi connectivity index (χ4v) is 3.78. The molecule has 24 heavy (non-hydrogen) atoms. The van der Waals surface area contributed by atoms with Gasteiger partial charge in [-0.3, -0.25) is 4.79 Å². The monoisotopic (exact) mass is 349 g/mol. The number of amides is 3. The fourth-order valence-electron chi connectivity index (χ4n) is 3.59. The maximum absolute atomic E-state index is 12.5. The van der Waals surface area contributed by atoms with Crippen molar-refractivity contribution in [1.82, 2.24) is 10.2 Å². The average Bonchev–Trinajstić information content (AvgIpc) is 3.05. The lowest BCUT2D eigenvalue weighted by atomic mass is 9.88. The van der Waals surface area contributed by atoms with Crippen LogP contribution >= 0.6 is 11.6 Å². The average molecular weight is 350 g/mol.